The number of halogens is 3. The molecule has 0 aromatic carbocycles. The van der Waals surface area contributed by atoms with Crippen LogP contribution in [0.5, 0.6) is 0 Å². The number of nitrogens with zero attached hydrogens (tertiary/aromatic N) is 2. The molecule has 0 aliphatic rings. The van der Waals surface area contributed by atoms with Gasteiger partial charge in [-0.2, -0.15) is 13.2 Å². The summed E-state index contributed by atoms with van der Waals surface area (Å²) in [6.07, 6.45) is -5.61. The highest BCUT2D eigenvalue weighted by molar-refractivity contribution is 5.70. The van der Waals surface area contributed by atoms with E-state index in [2.05, 4.69) is 4.98 Å². The second-order valence-corrected chi connectivity index (χ2v) is 3.04. The first-order valence-corrected chi connectivity index (χ1v) is 4.14. The predicted molar refractivity (Wildman–Crippen MR) is 47.2 cm³/mol. The fraction of sp³-hybridized carbons (Fsp3) is 0.250. The fourth-order valence-corrected chi connectivity index (χ4v) is 1.09. The van der Waals surface area contributed by atoms with E-state index in [0.29, 0.717) is 12.1 Å². The van der Waals surface area contributed by atoms with Gasteiger partial charge in [0.25, 0.3) is 5.69 Å². The van der Waals surface area contributed by atoms with Crippen molar-refractivity contribution >= 4 is 11.8 Å². The van der Waals surface area contributed by atoms with Gasteiger partial charge < -0.3 is 15.2 Å². The Morgan fingerprint density at radius 1 is 1.47 bits per heavy atom. The third-order valence-corrected chi connectivity index (χ3v) is 1.70. The Bertz CT molecular complexity index is 472. The second kappa shape index (κ2) is 4.36. The van der Waals surface area contributed by atoms with Gasteiger partial charge in [0.2, 0.25) is 0 Å². The molecule has 1 N–H and O–H groups in total. The maximum absolute atomic E-state index is 12.3. The Morgan fingerprint density at radius 2 is 2.06 bits per heavy atom. The number of carbonyl (C=O) groups is 1. The van der Waals surface area contributed by atoms with Gasteiger partial charge >= 0.3 is 18.0 Å². The molecule has 0 bridgehead atoms. The molecule has 6 nitrogen and oxygen atoms in total. The molecule has 0 radical (unpaired) electrons. The van der Waals surface area contributed by atoms with E-state index in [0.717, 1.165) is 0 Å². The van der Waals surface area contributed by atoms with Gasteiger partial charge in [0.15, 0.2) is 0 Å². The summed E-state index contributed by atoms with van der Waals surface area (Å²) < 4.78 is 36.9. The molecule has 0 amide bonds. The molecular formula is C8H5F3N2O4. The molecule has 1 rings (SSSR count). The minimum Gasteiger partial charge on any atom is -0.481 e. The van der Waals surface area contributed by atoms with E-state index >= 15 is 0 Å². The predicted octanol–water partition coefficient (Wildman–Crippen LogP) is 1.64. The lowest BCUT2D eigenvalue weighted by Gasteiger charge is -2.04. The van der Waals surface area contributed by atoms with Crippen molar-refractivity contribution in [3.05, 3.63) is 33.5 Å². The number of nitro groups is 1. The van der Waals surface area contributed by atoms with Gasteiger partial charge in [0.1, 0.15) is 0 Å². The van der Waals surface area contributed by atoms with E-state index in [9.17, 15) is 28.1 Å². The molecule has 0 saturated carbocycles. The van der Waals surface area contributed by atoms with E-state index in [4.69, 9.17) is 5.11 Å². The van der Waals surface area contributed by atoms with Crippen LogP contribution in [0.15, 0.2) is 12.1 Å². The van der Waals surface area contributed by atoms with Gasteiger partial charge in [-0.15, -0.1) is 0 Å². The van der Waals surface area contributed by atoms with E-state index < -0.39 is 35.0 Å². The molecule has 1 aromatic rings. The zero-order chi connectivity index (χ0) is 13.2. The number of pyridine rings is 1. The first-order valence-electron chi connectivity index (χ1n) is 4.14. The van der Waals surface area contributed by atoms with Crippen molar-refractivity contribution in [3.8, 4) is 0 Å². The molecule has 0 spiro atoms. The Hall–Kier alpha value is -2.19. The number of hydrogen-bond donors (Lipinski definition) is 1. The summed E-state index contributed by atoms with van der Waals surface area (Å²) in [5, 5.41) is 18.8. The van der Waals surface area contributed by atoms with Crippen LogP contribution < -0.4 is 0 Å². The Morgan fingerprint density at radius 3 is 2.47 bits per heavy atom. The summed E-state index contributed by atoms with van der Waals surface area (Å²) in [5.41, 5.74) is -1.81. The number of alkyl halides is 3. The highest BCUT2D eigenvalue weighted by Crippen LogP contribution is 2.30. The van der Waals surface area contributed by atoms with Crippen molar-refractivity contribution in [2.24, 2.45) is 0 Å². The van der Waals surface area contributed by atoms with E-state index in [-0.39, 0.29) is 5.56 Å². The molecule has 0 saturated heterocycles. The highest BCUT2D eigenvalue weighted by atomic mass is 19.4. The number of carboxylic acid groups (broad SMARTS) is 1. The largest absolute Gasteiger partial charge is 0.481 e. The fourth-order valence-electron chi connectivity index (χ4n) is 1.09. The smallest absolute Gasteiger partial charge is 0.458 e. The molecular weight excluding hydrogens is 245 g/mol. The lowest BCUT2D eigenvalue weighted by Crippen LogP contribution is -2.11. The monoisotopic (exact) mass is 250 g/mol. The summed E-state index contributed by atoms with van der Waals surface area (Å²) in [4.78, 5) is 22.4. The molecule has 0 fully saturated rings. The molecule has 92 valence electrons. The molecule has 1 aromatic heterocycles. The number of carboxylic acids is 1. The zero-order valence-electron chi connectivity index (χ0n) is 8.06. The summed E-state index contributed by atoms with van der Waals surface area (Å²) in [7, 11) is 0. The Balaban J connectivity index is 3.28. The topological polar surface area (TPSA) is 93.3 Å². The van der Waals surface area contributed by atoms with E-state index in [1.165, 1.54) is 0 Å². The maximum Gasteiger partial charge on any atom is 0.458 e. The van der Waals surface area contributed by atoms with Crippen molar-refractivity contribution in [1.82, 2.24) is 4.98 Å². The van der Waals surface area contributed by atoms with Gasteiger partial charge in [-0.1, -0.05) is 0 Å². The number of aliphatic carboxylic acids is 1. The summed E-state index contributed by atoms with van der Waals surface area (Å²) in [6.45, 7) is 0. The van der Waals surface area contributed by atoms with Crippen LogP contribution in [-0.4, -0.2) is 21.0 Å². The van der Waals surface area contributed by atoms with Crippen molar-refractivity contribution in [2.75, 3.05) is 0 Å². The van der Waals surface area contributed by atoms with Gasteiger partial charge in [-0.05, 0) is 21.5 Å². The average Bonchev–Trinajstić information content (AvgIpc) is 2.14. The van der Waals surface area contributed by atoms with E-state index in [1.54, 1.807) is 0 Å². The van der Waals surface area contributed by atoms with Gasteiger partial charge in [0.05, 0.1) is 6.42 Å². The van der Waals surface area contributed by atoms with Crippen molar-refractivity contribution in [3.63, 3.8) is 0 Å². The molecule has 1 heterocycles. The molecule has 0 aliphatic carbocycles. The molecule has 9 heteroatoms. The molecule has 17 heavy (non-hydrogen) atoms. The van der Waals surface area contributed by atoms with Crippen LogP contribution in [0, 0.1) is 10.1 Å². The van der Waals surface area contributed by atoms with Crippen molar-refractivity contribution in [1.29, 1.82) is 0 Å². The lowest BCUT2D eigenvalue weighted by atomic mass is 10.1. The quantitative estimate of drug-likeness (QED) is 0.650. The first kappa shape index (κ1) is 12.9. The number of rotatable bonds is 3. The number of aromatic nitrogens is 1. The van der Waals surface area contributed by atoms with Crippen LogP contribution in [0.2, 0.25) is 0 Å². The SMILES string of the molecule is O=C(O)Cc1cc([N+](=O)[O-])nc(C(F)(F)F)c1. The van der Waals surface area contributed by atoms with Crippen LogP contribution in [0.1, 0.15) is 11.3 Å². The van der Waals surface area contributed by atoms with Crippen LogP contribution in [-0.2, 0) is 17.4 Å². The summed E-state index contributed by atoms with van der Waals surface area (Å²) in [5.74, 6) is -2.42. The lowest BCUT2D eigenvalue weighted by molar-refractivity contribution is -0.390. The number of hydrogen-bond acceptors (Lipinski definition) is 4. The summed E-state index contributed by atoms with van der Waals surface area (Å²) in [6, 6.07) is 1.17. The van der Waals surface area contributed by atoms with E-state index in [1.807, 2.05) is 0 Å². The minimum atomic E-state index is -4.86. The van der Waals surface area contributed by atoms with Gasteiger partial charge in [-0.3, -0.25) is 4.79 Å². The normalized spacial score (nSPS) is 11.2. The van der Waals surface area contributed by atoms with Crippen LogP contribution in [0.3, 0.4) is 0 Å². The standard InChI is InChI=1S/C8H5F3N2O4/c9-8(10,11)5-1-4(3-7(14)15)2-6(12-5)13(16)17/h1-2H,3H2,(H,14,15). The Kier molecular flexibility index (Phi) is 3.30. The third kappa shape index (κ3) is 3.40. The maximum atomic E-state index is 12.3. The van der Waals surface area contributed by atoms with Crippen molar-refractivity contribution < 1.29 is 28.0 Å². The zero-order valence-corrected chi connectivity index (χ0v) is 8.06. The second-order valence-electron chi connectivity index (χ2n) is 3.04. The molecule has 0 atom stereocenters. The van der Waals surface area contributed by atoms with Gasteiger partial charge in [0, 0.05) is 6.07 Å². The first-order chi connectivity index (χ1) is 7.70. The third-order valence-electron chi connectivity index (χ3n) is 1.70. The van der Waals surface area contributed by atoms with Crippen molar-refractivity contribution in [2.45, 2.75) is 12.6 Å². The van der Waals surface area contributed by atoms with Crippen LogP contribution >= 0.6 is 0 Å². The van der Waals surface area contributed by atoms with Gasteiger partial charge in [-0.25, -0.2) is 0 Å². The molecule has 0 aliphatic heterocycles. The van der Waals surface area contributed by atoms with Crippen LogP contribution in [0.25, 0.3) is 0 Å². The Labute approximate surface area is 91.9 Å². The summed E-state index contributed by atoms with van der Waals surface area (Å²) >= 11 is 0. The molecule has 0 unspecified atom stereocenters. The highest BCUT2D eigenvalue weighted by Gasteiger charge is 2.38. The minimum absolute atomic E-state index is 0.327. The van der Waals surface area contributed by atoms with Crippen LogP contribution in [0.4, 0.5) is 19.0 Å². The average molecular weight is 250 g/mol.